The van der Waals surface area contributed by atoms with Crippen LogP contribution in [0.25, 0.3) is 10.1 Å². The molecule has 8 heteroatoms. The lowest BCUT2D eigenvalue weighted by molar-refractivity contribution is -0.122. The van der Waals surface area contributed by atoms with E-state index in [-0.39, 0.29) is 30.6 Å². The lowest BCUT2D eigenvalue weighted by atomic mass is 10.2. The molecule has 160 valence electrons. The van der Waals surface area contributed by atoms with Crippen LogP contribution in [0.5, 0.6) is 5.75 Å². The number of carbonyl (C=O) groups is 3. The molecule has 3 aromatic rings. The largest absolute Gasteiger partial charge is 0.490 e. The first-order valence-electron chi connectivity index (χ1n) is 10.1. The van der Waals surface area contributed by atoms with Crippen molar-refractivity contribution in [1.29, 1.82) is 0 Å². The summed E-state index contributed by atoms with van der Waals surface area (Å²) in [5.41, 5.74) is 1.36. The fourth-order valence-corrected chi connectivity index (χ4v) is 4.37. The minimum atomic E-state index is -0.350. The van der Waals surface area contributed by atoms with Crippen molar-refractivity contribution >= 4 is 50.6 Å². The number of nitrogens with one attached hydrogen (secondary N) is 1. The van der Waals surface area contributed by atoms with Gasteiger partial charge in [0.15, 0.2) is 0 Å². The minimum Gasteiger partial charge on any atom is -0.490 e. The Morgan fingerprint density at radius 1 is 1.13 bits per heavy atom. The van der Waals surface area contributed by atoms with Gasteiger partial charge < -0.3 is 19.7 Å². The van der Waals surface area contributed by atoms with Crippen LogP contribution in [0.4, 0.5) is 11.4 Å². The Kier molecular flexibility index (Phi) is 6.18. The highest BCUT2D eigenvalue weighted by molar-refractivity contribution is 7.20. The Bertz CT molecular complexity index is 1140. The van der Waals surface area contributed by atoms with Crippen molar-refractivity contribution in [3.05, 3.63) is 53.4 Å². The van der Waals surface area contributed by atoms with Gasteiger partial charge in [-0.15, -0.1) is 11.3 Å². The Morgan fingerprint density at radius 3 is 2.81 bits per heavy atom. The number of anilines is 2. The number of esters is 1. The van der Waals surface area contributed by atoms with Crippen molar-refractivity contribution in [2.75, 3.05) is 30.0 Å². The number of benzene rings is 2. The summed E-state index contributed by atoms with van der Waals surface area (Å²) in [6.45, 7) is 2.99. The van der Waals surface area contributed by atoms with Crippen LogP contribution in [-0.4, -0.2) is 37.5 Å². The molecule has 1 aromatic heterocycles. The van der Waals surface area contributed by atoms with E-state index in [1.54, 1.807) is 24.0 Å². The van der Waals surface area contributed by atoms with Gasteiger partial charge in [0.05, 0.1) is 18.8 Å². The zero-order chi connectivity index (χ0) is 21.8. The summed E-state index contributed by atoms with van der Waals surface area (Å²) in [7, 11) is 0. The molecule has 2 aromatic carbocycles. The quantitative estimate of drug-likeness (QED) is 0.583. The van der Waals surface area contributed by atoms with Crippen LogP contribution in [0.1, 0.15) is 29.4 Å². The van der Waals surface area contributed by atoms with E-state index in [0.29, 0.717) is 36.1 Å². The number of para-hydroxylation sites is 2. The Balaban J connectivity index is 1.36. The lowest BCUT2D eigenvalue weighted by Crippen LogP contribution is -2.38. The van der Waals surface area contributed by atoms with E-state index < -0.39 is 0 Å². The molecule has 0 fully saturated rings. The van der Waals surface area contributed by atoms with Gasteiger partial charge in [-0.05, 0) is 48.7 Å². The number of fused-ring (bicyclic) bond motifs is 2. The molecule has 0 radical (unpaired) electrons. The maximum atomic E-state index is 12.7. The zero-order valence-corrected chi connectivity index (χ0v) is 17.9. The van der Waals surface area contributed by atoms with E-state index in [4.69, 9.17) is 9.47 Å². The van der Waals surface area contributed by atoms with Crippen LogP contribution in [0, 0.1) is 0 Å². The van der Waals surface area contributed by atoms with E-state index in [1.165, 1.54) is 11.3 Å². The van der Waals surface area contributed by atoms with Crippen molar-refractivity contribution in [3.8, 4) is 5.75 Å². The monoisotopic (exact) mass is 438 g/mol. The average molecular weight is 439 g/mol. The second-order valence-electron chi connectivity index (χ2n) is 6.99. The van der Waals surface area contributed by atoms with E-state index in [0.717, 1.165) is 15.8 Å². The summed E-state index contributed by atoms with van der Waals surface area (Å²) >= 11 is 1.35. The fourth-order valence-electron chi connectivity index (χ4n) is 3.43. The van der Waals surface area contributed by atoms with E-state index in [2.05, 4.69) is 5.32 Å². The Hall–Kier alpha value is -3.39. The summed E-state index contributed by atoms with van der Waals surface area (Å²) in [6.07, 6.45) is 0.183. The number of amides is 2. The molecule has 0 unspecified atom stereocenters. The number of ether oxygens (including phenoxy) is 2. The van der Waals surface area contributed by atoms with Gasteiger partial charge in [0.25, 0.3) is 0 Å². The minimum absolute atomic E-state index is 0.0775. The summed E-state index contributed by atoms with van der Waals surface area (Å²) in [6, 6.07) is 14.6. The maximum Gasteiger partial charge on any atom is 0.348 e. The van der Waals surface area contributed by atoms with Crippen LogP contribution in [0.3, 0.4) is 0 Å². The van der Waals surface area contributed by atoms with Gasteiger partial charge in [-0.2, -0.15) is 0 Å². The smallest absolute Gasteiger partial charge is 0.348 e. The van der Waals surface area contributed by atoms with Crippen LogP contribution in [0.15, 0.2) is 48.5 Å². The molecule has 0 saturated heterocycles. The molecule has 0 atom stereocenters. The normalized spacial score (nSPS) is 12.7. The molecular weight excluding hydrogens is 416 g/mol. The Morgan fingerprint density at radius 2 is 1.97 bits per heavy atom. The van der Waals surface area contributed by atoms with Crippen LogP contribution >= 0.6 is 11.3 Å². The average Bonchev–Trinajstić information content (AvgIpc) is 3.21. The van der Waals surface area contributed by atoms with Gasteiger partial charge >= 0.3 is 5.97 Å². The van der Waals surface area contributed by atoms with Crippen molar-refractivity contribution in [2.45, 2.75) is 19.8 Å². The third-order valence-corrected chi connectivity index (χ3v) is 5.97. The molecule has 2 amide bonds. The predicted octanol–water partition coefficient (Wildman–Crippen LogP) is 4.22. The number of carbonyl (C=O) groups excluding carboxylic acids is 3. The highest BCUT2D eigenvalue weighted by atomic mass is 32.1. The fraction of sp³-hybridized carbons (Fsp3) is 0.261. The molecule has 1 aliphatic heterocycles. The summed E-state index contributed by atoms with van der Waals surface area (Å²) in [5.74, 6) is -0.0244. The molecule has 1 aliphatic rings. The standard InChI is InChI=1S/C23H22N2O5S/c1-2-29-23(28)20-14-15-13-16(7-8-19(15)31-20)24-21(26)9-10-22(27)25-11-12-30-18-6-4-3-5-17(18)25/h3-8,13-14H,2,9-12H2,1H3,(H,24,26). The van der Waals surface area contributed by atoms with Crippen molar-refractivity contribution in [2.24, 2.45) is 0 Å². The number of nitrogens with zero attached hydrogens (tertiary/aromatic N) is 1. The lowest BCUT2D eigenvalue weighted by Gasteiger charge is -2.29. The van der Waals surface area contributed by atoms with E-state index in [1.807, 2.05) is 36.4 Å². The molecule has 7 nitrogen and oxygen atoms in total. The number of hydrogen-bond donors (Lipinski definition) is 1. The van der Waals surface area contributed by atoms with Crippen LogP contribution < -0.4 is 15.0 Å². The first-order valence-corrected chi connectivity index (χ1v) is 10.9. The molecule has 4 rings (SSSR count). The highest BCUT2D eigenvalue weighted by Gasteiger charge is 2.23. The molecule has 1 N–H and O–H groups in total. The third kappa shape index (κ3) is 4.69. The number of hydrogen-bond acceptors (Lipinski definition) is 6. The van der Waals surface area contributed by atoms with Crippen LogP contribution in [-0.2, 0) is 14.3 Å². The van der Waals surface area contributed by atoms with Gasteiger partial charge in [0, 0.05) is 23.2 Å². The van der Waals surface area contributed by atoms with Gasteiger partial charge in [0.2, 0.25) is 11.8 Å². The first-order chi connectivity index (χ1) is 15.0. The molecule has 0 spiro atoms. The second-order valence-corrected chi connectivity index (χ2v) is 8.08. The first kappa shape index (κ1) is 20.9. The molecular formula is C23H22N2O5S. The van der Waals surface area contributed by atoms with Crippen LogP contribution in [0.2, 0.25) is 0 Å². The third-order valence-electron chi connectivity index (χ3n) is 4.87. The molecule has 0 bridgehead atoms. The summed E-state index contributed by atoms with van der Waals surface area (Å²) in [5, 5.41) is 3.68. The van der Waals surface area contributed by atoms with Crippen molar-refractivity contribution in [1.82, 2.24) is 0 Å². The van der Waals surface area contributed by atoms with Gasteiger partial charge in [-0.25, -0.2) is 4.79 Å². The second kappa shape index (κ2) is 9.18. The van der Waals surface area contributed by atoms with E-state index in [9.17, 15) is 14.4 Å². The predicted molar refractivity (Wildman–Crippen MR) is 120 cm³/mol. The van der Waals surface area contributed by atoms with Crippen molar-refractivity contribution in [3.63, 3.8) is 0 Å². The van der Waals surface area contributed by atoms with Gasteiger partial charge in [-0.1, -0.05) is 12.1 Å². The number of thiophene rings is 1. The number of rotatable bonds is 6. The Labute approximate surface area is 183 Å². The molecule has 0 saturated carbocycles. The molecule has 2 heterocycles. The van der Waals surface area contributed by atoms with E-state index >= 15 is 0 Å². The summed E-state index contributed by atoms with van der Waals surface area (Å²) < 4.78 is 11.5. The molecule has 31 heavy (non-hydrogen) atoms. The zero-order valence-electron chi connectivity index (χ0n) is 17.1. The topological polar surface area (TPSA) is 84.9 Å². The van der Waals surface area contributed by atoms with Gasteiger partial charge in [-0.3, -0.25) is 9.59 Å². The van der Waals surface area contributed by atoms with Gasteiger partial charge in [0.1, 0.15) is 17.2 Å². The highest BCUT2D eigenvalue weighted by Crippen LogP contribution is 2.32. The maximum absolute atomic E-state index is 12.7. The molecule has 0 aliphatic carbocycles. The van der Waals surface area contributed by atoms with Crippen molar-refractivity contribution < 1.29 is 23.9 Å². The SMILES string of the molecule is CCOC(=O)c1cc2cc(NC(=O)CCC(=O)N3CCOc4ccccc43)ccc2s1. The summed E-state index contributed by atoms with van der Waals surface area (Å²) in [4.78, 5) is 39.2.